The van der Waals surface area contributed by atoms with Crippen LogP contribution in [0.5, 0.6) is 0 Å². The normalized spacial score (nSPS) is 18.6. The molecule has 4 N–H and O–H groups in total. The summed E-state index contributed by atoms with van der Waals surface area (Å²) in [6.45, 7) is 1.90. The Bertz CT molecular complexity index is 573. The fourth-order valence-electron chi connectivity index (χ4n) is 2.35. The molecule has 0 saturated heterocycles. The van der Waals surface area contributed by atoms with Crippen molar-refractivity contribution in [2.75, 3.05) is 0 Å². The maximum atomic E-state index is 12.3. The Balaban J connectivity index is 2.27. The molecule has 1 aromatic heterocycles. The van der Waals surface area contributed by atoms with Crippen LogP contribution in [0.25, 0.3) is 0 Å². The summed E-state index contributed by atoms with van der Waals surface area (Å²) < 4.78 is 27.3. The van der Waals surface area contributed by atoms with Gasteiger partial charge in [0.1, 0.15) is 5.82 Å². The van der Waals surface area contributed by atoms with E-state index in [2.05, 4.69) is 14.7 Å². The molecule has 0 unspecified atom stereocenters. The summed E-state index contributed by atoms with van der Waals surface area (Å²) in [5.74, 6) is 0.635. The lowest BCUT2D eigenvalue weighted by molar-refractivity contribution is 0.501. The summed E-state index contributed by atoms with van der Waals surface area (Å²) in [5.41, 5.74) is 4.94. The highest BCUT2D eigenvalue weighted by atomic mass is 32.2. The third-order valence-corrected chi connectivity index (χ3v) is 5.32. The Labute approximate surface area is 118 Å². The van der Waals surface area contributed by atoms with Gasteiger partial charge in [0, 0.05) is 6.42 Å². The first kappa shape index (κ1) is 14.4. The van der Waals surface area contributed by atoms with Gasteiger partial charge in [0.15, 0.2) is 5.03 Å². The highest BCUT2D eigenvalue weighted by molar-refractivity contribution is 7.89. The third-order valence-electron chi connectivity index (χ3n) is 3.49. The van der Waals surface area contributed by atoms with Crippen LogP contribution in [0.1, 0.15) is 38.4 Å². The number of rotatable bonds is 5. The molecule has 0 atom stereocenters. The zero-order valence-electron chi connectivity index (χ0n) is 10.8. The molecule has 1 aliphatic rings. The molecular weight excluding hydrogens is 284 g/mol. The number of aromatic amines is 1. The number of hydrogen-bond acceptors (Lipinski definition) is 4. The summed E-state index contributed by atoms with van der Waals surface area (Å²) in [4.78, 5) is 7.00. The molecule has 1 heterocycles. The van der Waals surface area contributed by atoms with Crippen LogP contribution < -0.4 is 10.5 Å². The monoisotopic (exact) mass is 302 g/mol. The van der Waals surface area contributed by atoms with E-state index in [0.717, 1.165) is 12.8 Å². The highest BCUT2D eigenvalue weighted by Gasteiger charge is 2.41. The summed E-state index contributed by atoms with van der Waals surface area (Å²) in [7, 11) is -3.67. The van der Waals surface area contributed by atoms with Gasteiger partial charge in [-0.2, -0.15) is 4.72 Å². The van der Waals surface area contributed by atoms with Crippen molar-refractivity contribution in [2.45, 2.75) is 49.6 Å². The van der Waals surface area contributed by atoms with Crippen molar-refractivity contribution < 1.29 is 8.42 Å². The number of hydrogen-bond donors (Lipinski definition) is 3. The first-order valence-electron chi connectivity index (χ1n) is 6.27. The Kier molecular flexibility index (Phi) is 3.93. The summed E-state index contributed by atoms with van der Waals surface area (Å²) in [6, 6.07) is 0. The maximum absolute atomic E-state index is 12.3. The average molecular weight is 302 g/mol. The molecule has 106 valence electrons. The standard InChI is InChI=1S/C11H18N4O2S2/c1-2-8-13-7-9(14-8)19(16,17)15-11(10(12)18)5-3-4-6-11/h7,15H,2-6H2,1H3,(H2,12,18)(H,13,14). The van der Waals surface area contributed by atoms with Crippen molar-refractivity contribution in [2.24, 2.45) is 5.73 Å². The van der Waals surface area contributed by atoms with E-state index in [9.17, 15) is 8.42 Å². The Morgan fingerprint density at radius 2 is 2.21 bits per heavy atom. The van der Waals surface area contributed by atoms with Gasteiger partial charge in [-0.1, -0.05) is 32.0 Å². The van der Waals surface area contributed by atoms with Crippen molar-refractivity contribution in [1.82, 2.24) is 14.7 Å². The topological polar surface area (TPSA) is 101 Å². The Hall–Kier alpha value is -0.990. The number of imidazole rings is 1. The van der Waals surface area contributed by atoms with E-state index in [0.29, 0.717) is 25.1 Å². The van der Waals surface area contributed by atoms with E-state index >= 15 is 0 Å². The molecule has 0 amide bonds. The van der Waals surface area contributed by atoms with Gasteiger partial charge in [-0.15, -0.1) is 0 Å². The number of aromatic nitrogens is 2. The van der Waals surface area contributed by atoms with Crippen LogP contribution in [0, 0.1) is 0 Å². The SMILES string of the molecule is CCc1ncc(S(=O)(=O)NC2(C(N)=S)CCCC2)[nH]1. The van der Waals surface area contributed by atoms with E-state index in [1.165, 1.54) is 6.20 Å². The Morgan fingerprint density at radius 1 is 1.58 bits per heavy atom. The lowest BCUT2D eigenvalue weighted by atomic mass is 10.00. The molecule has 0 bridgehead atoms. The van der Waals surface area contributed by atoms with Gasteiger partial charge in [0.2, 0.25) is 0 Å². The second-order valence-electron chi connectivity index (χ2n) is 4.81. The summed E-state index contributed by atoms with van der Waals surface area (Å²) in [5, 5.41) is 0.0619. The van der Waals surface area contributed by atoms with Crippen molar-refractivity contribution in [3.05, 3.63) is 12.0 Å². The number of nitrogens with zero attached hydrogens (tertiary/aromatic N) is 1. The zero-order valence-corrected chi connectivity index (χ0v) is 12.4. The van der Waals surface area contributed by atoms with Crippen LogP contribution in [0.2, 0.25) is 0 Å². The molecule has 1 saturated carbocycles. The first-order valence-corrected chi connectivity index (χ1v) is 8.16. The second kappa shape index (κ2) is 5.18. The van der Waals surface area contributed by atoms with E-state index < -0.39 is 15.6 Å². The molecule has 0 aromatic carbocycles. The van der Waals surface area contributed by atoms with Gasteiger partial charge in [-0.05, 0) is 12.8 Å². The molecular formula is C11H18N4O2S2. The average Bonchev–Trinajstić information content (AvgIpc) is 2.96. The molecule has 0 spiro atoms. The molecule has 1 aromatic rings. The van der Waals surface area contributed by atoms with E-state index in [1.807, 2.05) is 6.92 Å². The lowest BCUT2D eigenvalue weighted by Gasteiger charge is -2.28. The van der Waals surface area contributed by atoms with Crippen LogP contribution in [0.4, 0.5) is 0 Å². The van der Waals surface area contributed by atoms with Crippen LogP contribution in [-0.2, 0) is 16.4 Å². The predicted octanol–water partition coefficient (Wildman–Crippen LogP) is 0.849. The highest BCUT2D eigenvalue weighted by Crippen LogP contribution is 2.31. The number of thiocarbonyl (C=S) groups is 1. The van der Waals surface area contributed by atoms with E-state index in [4.69, 9.17) is 18.0 Å². The summed E-state index contributed by atoms with van der Waals surface area (Å²) in [6.07, 6.45) is 5.11. The fraction of sp³-hybridized carbons (Fsp3) is 0.636. The van der Waals surface area contributed by atoms with Crippen LogP contribution in [0.3, 0.4) is 0 Å². The minimum Gasteiger partial charge on any atom is -0.392 e. The number of nitrogens with one attached hydrogen (secondary N) is 2. The van der Waals surface area contributed by atoms with E-state index in [-0.39, 0.29) is 10.0 Å². The Morgan fingerprint density at radius 3 is 2.68 bits per heavy atom. The number of aryl methyl sites for hydroxylation is 1. The smallest absolute Gasteiger partial charge is 0.258 e. The van der Waals surface area contributed by atoms with Crippen molar-refractivity contribution >= 4 is 27.2 Å². The van der Waals surface area contributed by atoms with Gasteiger partial charge >= 0.3 is 0 Å². The lowest BCUT2D eigenvalue weighted by Crippen LogP contribution is -2.54. The minimum atomic E-state index is -3.67. The maximum Gasteiger partial charge on any atom is 0.258 e. The minimum absolute atomic E-state index is 0.0619. The van der Waals surface area contributed by atoms with Crippen molar-refractivity contribution in [1.29, 1.82) is 0 Å². The molecule has 6 nitrogen and oxygen atoms in total. The molecule has 0 radical (unpaired) electrons. The molecule has 2 rings (SSSR count). The second-order valence-corrected chi connectivity index (χ2v) is 6.90. The number of nitrogens with two attached hydrogens (primary N) is 1. The molecule has 1 fully saturated rings. The van der Waals surface area contributed by atoms with Gasteiger partial charge < -0.3 is 10.7 Å². The molecule has 19 heavy (non-hydrogen) atoms. The first-order chi connectivity index (χ1) is 8.89. The van der Waals surface area contributed by atoms with Crippen molar-refractivity contribution in [3.63, 3.8) is 0 Å². The van der Waals surface area contributed by atoms with Crippen LogP contribution in [0.15, 0.2) is 11.2 Å². The largest absolute Gasteiger partial charge is 0.392 e. The zero-order chi connectivity index (χ0) is 14.1. The van der Waals surface area contributed by atoms with Crippen LogP contribution >= 0.6 is 12.2 Å². The molecule has 0 aliphatic heterocycles. The van der Waals surface area contributed by atoms with Crippen molar-refractivity contribution in [3.8, 4) is 0 Å². The quantitative estimate of drug-likeness (QED) is 0.700. The summed E-state index contributed by atoms with van der Waals surface area (Å²) >= 11 is 5.04. The van der Waals surface area contributed by atoms with Gasteiger partial charge in [0.25, 0.3) is 10.0 Å². The van der Waals surface area contributed by atoms with Crippen LogP contribution in [-0.4, -0.2) is 28.9 Å². The van der Waals surface area contributed by atoms with Gasteiger partial charge in [0.05, 0.1) is 16.7 Å². The number of sulfonamides is 1. The molecule has 8 heteroatoms. The third kappa shape index (κ3) is 2.80. The number of H-pyrrole nitrogens is 1. The van der Waals surface area contributed by atoms with E-state index in [1.54, 1.807) is 0 Å². The molecule has 1 aliphatic carbocycles. The fourth-order valence-corrected chi connectivity index (χ4v) is 4.05. The van der Waals surface area contributed by atoms with Gasteiger partial charge in [-0.25, -0.2) is 13.4 Å². The van der Waals surface area contributed by atoms with Gasteiger partial charge in [-0.3, -0.25) is 0 Å². The predicted molar refractivity (Wildman–Crippen MR) is 76.3 cm³/mol.